The van der Waals surface area contributed by atoms with Gasteiger partial charge in [-0.05, 0) is 43.5 Å². The summed E-state index contributed by atoms with van der Waals surface area (Å²) in [6.45, 7) is 2.74. The first-order chi connectivity index (χ1) is 9.99. The summed E-state index contributed by atoms with van der Waals surface area (Å²) in [7, 11) is 0. The Morgan fingerprint density at radius 1 is 1.29 bits per heavy atom. The molecule has 0 saturated heterocycles. The van der Waals surface area contributed by atoms with Crippen molar-refractivity contribution in [3.63, 3.8) is 0 Å². The lowest BCUT2D eigenvalue weighted by Crippen LogP contribution is -2.25. The summed E-state index contributed by atoms with van der Waals surface area (Å²) in [6.07, 6.45) is 1.48. The smallest absolute Gasteiger partial charge is 0.303 e. The van der Waals surface area contributed by atoms with Crippen LogP contribution in [0.3, 0.4) is 0 Å². The summed E-state index contributed by atoms with van der Waals surface area (Å²) >= 11 is 5.92. The maximum atomic E-state index is 11.5. The van der Waals surface area contributed by atoms with E-state index in [9.17, 15) is 9.59 Å². The van der Waals surface area contributed by atoms with Gasteiger partial charge in [0.1, 0.15) is 5.75 Å². The molecule has 0 heterocycles. The van der Waals surface area contributed by atoms with E-state index in [1.165, 1.54) is 0 Å². The second-order valence-corrected chi connectivity index (χ2v) is 5.12. The van der Waals surface area contributed by atoms with E-state index in [0.29, 0.717) is 37.4 Å². The molecule has 0 bridgehead atoms. The van der Waals surface area contributed by atoms with Gasteiger partial charge in [-0.25, -0.2) is 0 Å². The number of carbonyl (C=O) groups excluding carboxylic acids is 1. The lowest BCUT2D eigenvalue weighted by atomic mass is 10.2. The molecule has 0 radical (unpaired) electrons. The molecule has 1 aromatic rings. The maximum absolute atomic E-state index is 11.5. The number of aliphatic carboxylic acids is 1. The lowest BCUT2D eigenvalue weighted by molar-refractivity contribution is -0.137. The van der Waals surface area contributed by atoms with E-state index in [0.717, 1.165) is 11.3 Å². The van der Waals surface area contributed by atoms with Gasteiger partial charge in [-0.3, -0.25) is 9.59 Å². The molecule has 0 unspecified atom stereocenters. The maximum Gasteiger partial charge on any atom is 0.303 e. The van der Waals surface area contributed by atoms with Gasteiger partial charge in [-0.1, -0.05) is 11.6 Å². The Kier molecular flexibility index (Phi) is 7.61. The molecule has 0 saturated carbocycles. The van der Waals surface area contributed by atoms with Crippen molar-refractivity contribution in [2.75, 3.05) is 13.2 Å². The Morgan fingerprint density at radius 3 is 2.71 bits per heavy atom. The SMILES string of the molecule is Cc1cc(OCCCC(=O)NCCCC(=O)O)ccc1Cl. The number of aryl methyl sites for hydroxylation is 1. The summed E-state index contributed by atoms with van der Waals surface area (Å²) < 4.78 is 5.53. The molecule has 5 nitrogen and oxygen atoms in total. The van der Waals surface area contributed by atoms with E-state index >= 15 is 0 Å². The third-order valence-corrected chi connectivity index (χ3v) is 3.26. The van der Waals surface area contributed by atoms with Crippen LogP contribution in [0, 0.1) is 6.92 Å². The molecule has 0 fully saturated rings. The number of amides is 1. The largest absolute Gasteiger partial charge is 0.494 e. The van der Waals surface area contributed by atoms with Crippen LogP contribution in [-0.4, -0.2) is 30.1 Å². The summed E-state index contributed by atoms with van der Waals surface area (Å²) in [6, 6.07) is 5.43. The van der Waals surface area contributed by atoms with Gasteiger partial charge in [0, 0.05) is 24.4 Å². The number of hydrogen-bond acceptors (Lipinski definition) is 3. The highest BCUT2D eigenvalue weighted by Crippen LogP contribution is 2.21. The van der Waals surface area contributed by atoms with Gasteiger partial charge >= 0.3 is 5.97 Å². The van der Waals surface area contributed by atoms with Crippen LogP contribution in [0.1, 0.15) is 31.2 Å². The van der Waals surface area contributed by atoms with Crippen LogP contribution in [0.4, 0.5) is 0 Å². The molecule has 1 rings (SSSR count). The van der Waals surface area contributed by atoms with E-state index in [4.69, 9.17) is 21.4 Å². The first-order valence-electron chi connectivity index (χ1n) is 6.86. The van der Waals surface area contributed by atoms with Crippen molar-refractivity contribution < 1.29 is 19.4 Å². The molecule has 6 heteroatoms. The standard InChI is InChI=1S/C15H20ClNO4/c1-11-10-12(6-7-13(11)16)21-9-3-4-14(18)17-8-2-5-15(19)20/h6-7,10H,2-5,8-9H2,1H3,(H,17,18)(H,19,20). The van der Waals surface area contributed by atoms with Crippen molar-refractivity contribution in [1.29, 1.82) is 0 Å². The zero-order chi connectivity index (χ0) is 15.7. The molecule has 0 aliphatic rings. The number of ether oxygens (including phenoxy) is 1. The minimum atomic E-state index is -0.851. The second-order valence-electron chi connectivity index (χ2n) is 4.71. The molecule has 1 amide bonds. The minimum Gasteiger partial charge on any atom is -0.494 e. The number of halogens is 1. The molecule has 116 valence electrons. The van der Waals surface area contributed by atoms with E-state index in [-0.39, 0.29) is 12.3 Å². The van der Waals surface area contributed by atoms with Crippen LogP contribution in [0.25, 0.3) is 0 Å². The summed E-state index contributed by atoms with van der Waals surface area (Å²) in [5.74, 6) is -0.203. The zero-order valence-electron chi connectivity index (χ0n) is 12.0. The van der Waals surface area contributed by atoms with Gasteiger partial charge in [0.25, 0.3) is 0 Å². The van der Waals surface area contributed by atoms with Crippen LogP contribution in [0.2, 0.25) is 5.02 Å². The van der Waals surface area contributed by atoms with Gasteiger partial charge in [0.15, 0.2) is 0 Å². The zero-order valence-corrected chi connectivity index (χ0v) is 12.8. The molecule has 0 aliphatic carbocycles. The Hall–Kier alpha value is -1.75. The lowest BCUT2D eigenvalue weighted by Gasteiger charge is -2.08. The molecule has 1 aromatic carbocycles. The molecule has 0 atom stereocenters. The van der Waals surface area contributed by atoms with Gasteiger partial charge < -0.3 is 15.2 Å². The van der Waals surface area contributed by atoms with E-state index < -0.39 is 5.97 Å². The average Bonchev–Trinajstić information content (AvgIpc) is 2.43. The van der Waals surface area contributed by atoms with Crippen molar-refractivity contribution in [3.8, 4) is 5.75 Å². The summed E-state index contributed by atoms with van der Waals surface area (Å²) in [5.41, 5.74) is 0.949. The molecule has 0 spiro atoms. The Morgan fingerprint density at radius 2 is 2.05 bits per heavy atom. The minimum absolute atomic E-state index is 0.0688. The number of rotatable bonds is 9. The second kappa shape index (κ2) is 9.23. The number of hydrogen-bond donors (Lipinski definition) is 2. The number of carboxylic acid groups (broad SMARTS) is 1. The van der Waals surface area contributed by atoms with Gasteiger partial charge in [-0.15, -0.1) is 0 Å². The fraction of sp³-hybridized carbons (Fsp3) is 0.467. The molecule has 21 heavy (non-hydrogen) atoms. The molecular weight excluding hydrogens is 294 g/mol. The third kappa shape index (κ3) is 7.56. The van der Waals surface area contributed by atoms with Crippen molar-refractivity contribution in [2.45, 2.75) is 32.6 Å². The first-order valence-corrected chi connectivity index (χ1v) is 7.24. The number of nitrogens with one attached hydrogen (secondary N) is 1. The third-order valence-electron chi connectivity index (χ3n) is 2.84. The van der Waals surface area contributed by atoms with Crippen molar-refractivity contribution in [1.82, 2.24) is 5.32 Å². The van der Waals surface area contributed by atoms with Gasteiger partial charge in [-0.2, -0.15) is 0 Å². The topological polar surface area (TPSA) is 75.6 Å². The Bertz CT molecular complexity index is 491. The molecule has 2 N–H and O–H groups in total. The first kappa shape index (κ1) is 17.3. The van der Waals surface area contributed by atoms with Gasteiger partial charge in [0.2, 0.25) is 5.91 Å². The monoisotopic (exact) mass is 313 g/mol. The average molecular weight is 314 g/mol. The molecule has 0 aromatic heterocycles. The Balaban J connectivity index is 2.11. The van der Waals surface area contributed by atoms with Crippen LogP contribution in [0.15, 0.2) is 18.2 Å². The quantitative estimate of drug-likeness (QED) is 0.687. The van der Waals surface area contributed by atoms with Crippen LogP contribution in [0.5, 0.6) is 5.75 Å². The highest BCUT2D eigenvalue weighted by Gasteiger charge is 2.03. The van der Waals surface area contributed by atoms with Crippen molar-refractivity contribution in [3.05, 3.63) is 28.8 Å². The predicted molar refractivity (Wildman–Crippen MR) is 80.8 cm³/mol. The number of benzene rings is 1. The number of carbonyl (C=O) groups is 2. The van der Waals surface area contributed by atoms with E-state index in [1.54, 1.807) is 12.1 Å². The Labute approximate surface area is 129 Å². The van der Waals surface area contributed by atoms with Crippen LogP contribution < -0.4 is 10.1 Å². The van der Waals surface area contributed by atoms with E-state index in [1.807, 2.05) is 13.0 Å². The predicted octanol–water partition coefficient (Wildman–Crippen LogP) is 2.79. The highest BCUT2D eigenvalue weighted by molar-refractivity contribution is 6.31. The highest BCUT2D eigenvalue weighted by atomic mass is 35.5. The summed E-state index contributed by atoms with van der Waals surface area (Å²) in [4.78, 5) is 21.8. The van der Waals surface area contributed by atoms with Crippen LogP contribution in [-0.2, 0) is 9.59 Å². The van der Waals surface area contributed by atoms with Gasteiger partial charge in [0.05, 0.1) is 6.61 Å². The van der Waals surface area contributed by atoms with Crippen molar-refractivity contribution >= 4 is 23.5 Å². The number of carboxylic acids is 1. The van der Waals surface area contributed by atoms with E-state index in [2.05, 4.69) is 5.32 Å². The molecular formula is C15H20ClNO4. The summed E-state index contributed by atoms with van der Waals surface area (Å²) in [5, 5.41) is 11.8. The van der Waals surface area contributed by atoms with Crippen molar-refractivity contribution in [2.24, 2.45) is 0 Å². The fourth-order valence-electron chi connectivity index (χ4n) is 1.69. The fourth-order valence-corrected chi connectivity index (χ4v) is 1.80. The normalized spacial score (nSPS) is 10.2. The van der Waals surface area contributed by atoms with Crippen LogP contribution >= 0.6 is 11.6 Å². The molecule has 0 aliphatic heterocycles.